The van der Waals surface area contributed by atoms with Crippen molar-refractivity contribution in [2.24, 2.45) is 0 Å². The first-order chi connectivity index (χ1) is 33.2. The highest BCUT2D eigenvalue weighted by atomic mass is 15.2. The summed E-state index contributed by atoms with van der Waals surface area (Å²) in [4.78, 5) is 5.02. The summed E-state index contributed by atoms with van der Waals surface area (Å²) in [6.45, 7) is 9.44. The van der Waals surface area contributed by atoms with Crippen molar-refractivity contribution < 1.29 is 0 Å². The Bertz CT molecular complexity index is 3790. The Morgan fingerprint density at radius 1 is 0.265 bits per heavy atom. The fraction of sp³-hybridized carbons (Fsp3) is 0.0909. The molecule has 0 bridgehead atoms. The van der Waals surface area contributed by atoms with Crippen LogP contribution in [0.4, 0.5) is 34.1 Å². The number of nitrogens with zero attached hydrogens (tertiary/aromatic N) is 2. The maximum Gasteiger partial charge on any atom is 0.0546 e. The summed E-state index contributed by atoms with van der Waals surface area (Å²) in [5.41, 5.74) is 17.5. The van der Waals surface area contributed by atoms with Crippen LogP contribution in [-0.4, -0.2) is 0 Å². The molecule has 0 atom stereocenters. The van der Waals surface area contributed by atoms with Gasteiger partial charge in [-0.2, -0.15) is 0 Å². The zero-order chi connectivity index (χ0) is 45.5. The third-order valence-electron chi connectivity index (χ3n) is 15.7. The van der Waals surface area contributed by atoms with Gasteiger partial charge in [0.15, 0.2) is 0 Å². The van der Waals surface area contributed by atoms with Crippen molar-refractivity contribution in [3.63, 3.8) is 0 Å². The van der Waals surface area contributed by atoms with E-state index in [-0.39, 0.29) is 10.8 Å². The predicted octanol–water partition coefficient (Wildman–Crippen LogP) is 18.4. The highest BCUT2D eigenvalue weighted by molar-refractivity contribution is 6.30. The van der Waals surface area contributed by atoms with Gasteiger partial charge in [0.2, 0.25) is 0 Å². The first-order valence-electron chi connectivity index (χ1n) is 24.0. The van der Waals surface area contributed by atoms with E-state index < -0.39 is 0 Å². The predicted molar refractivity (Wildman–Crippen MR) is 290 cm³/mol. The summed E-state index contributed by atoms with van der Waals surface area (Å²) in [5, 5.41) is 12.3. The molecule has 12 aromatic rings. The quantitative estimate of drug-likeness (QED) is 0.154. The van der Waals surface area contributed by atoms with Crippen molar-refractivity contribution in [2.75, 3.05) is 9.80 Å². The van der Waals surface area contributed by atoms with Crippen LogP contribution in [0, 0.1) is 0 Å². The van der Waals surface area contributed by atoms with Gasteiger partial charge in [-0.15, -0.1) is 0 Å². The van der Waals surface area contributed by atoms with Gasteiger partial charge in [-0.1, -0.05) is 185 Å². The maximum absolute atomic E-state index is 2.51. The highest BCUT2D eigenvalue weighted by Gasteiger charge is 2.37. The molecule has 0 fully saturated rings. The number of benzene rings is 12. The molecule has 0 amide bonds. The lowest BCUT2D eigenvalue weighted by atomic mass is 9.82. The molecule has 0 N–H and O–H groups in total. The molecule has 322 valence electrons. The van der Waals surface area contributed by atoms with Crippen LogP contribution in [0.5, 0.6) is 0 Å². The van der Waals surface area contributed by atoms with Gasteiger partial charge < -0.3 is 9.80 Å². The number of hydrogen-bond acceptors (Lipinski definition) is 2. The highest BCUT2D eigenvalue weighted by Crippen LogP contribution is 2.55. The molecule has 0 saturated heterocycles. The van der Waals surface area contributed by atoms with Gasteiger partial charge in [-0.25, -0.2) is 0 Å². The molecular formula is C66H48N2. The van der Waals surface area contributed by atoms with Gasteiger partial charge in [0.05, 0.1) is 11.4 Å². The molecule has 0 aliphatic heterocycles. The fourth-order valence-electron chi connectivity index (χ4n) is 12.4. The Morgan fingerprint density at radius 3 is 1.07 bits per heavy atom. The Morgan fingerprint density at radius 2 is 0.618 bits per heavy atom. The van der Waals surface area contributed by atoms with Crippen molar-refractivity contribution in [1.29, 1.82) is 0 Å². The molecule has 2 aliphatic rings. The lowest BCUT2D eigenvalue weighted by Crippen LogP contribution is -2.16. The summed E-state index contributed by atoms with van der Waals surface area (Å²) in [6, 6.07) is 82.2. The van der Waals surface area contributed by atoms with E-state index in [0.29, 0.717) is 0 Å². The van der Waals surface area contributed by atoms with Crippen LogP contribution in [0.25, 0.3) is 76.1 Å². The van der Waals surface area contributed by atoms with E-state index >= 15 is 0 Å². The molecule has 2 aliphatic carbocycles. The number of anilines is 6. The minimum Gasteiger partial charge on any atom is -0.310 e. The topological polar surface area (TPSA) is 6.48 Å². The lowest BCUT2D eigenvalue weighted by Gasteiger charge is -2.31. The number of fused-ring (bicyclic) bond motifs is 8. The SMILES string of the molecule is CC1(C)c2ccccc2-c2cc(N(c3ccc4ccccc4c3)c3cc4cccc5c(N(c6ccc7c(c6)-c6ccccc6C7(C)C)c6ccc7ccccc7c6)cc6cccc3c6c45)ccc21. The second-order valence-corrected chi connectivity index (χ2v) is 20.1. The van der Waals surface area contributed by atoms with Crippen molar-refractivity contribution >= 4 is 88.0 Å². The molecule has 0 unspecified atom stereocenters. The molecule has 2 heteroatoms. The third kappa shape index (κ3) is 5.52. The van der Waals surface area contributed by atoms with Crippen LogP contribution < -0.4 is 9.80 Å². The molecule has 0 heterocycles. The molecule has 0 saturated carbocycles. The van der Waals surface area contributed by atoms with Crippen LogP contribution in [0.3, 0.4) is 0 Å². The second-order valence-electron chi connectivity index (χ2n) is 20.1. The third-order valence-corrected chi connectivity index (χ3v) is 15.7. The maximum atomic E-state index is 2.51. The second kappa shape index (κ2) is 14.2. The zero-order valence-electron chi connectivity index (χ0n) is 38.7. The van der Waals surface area contributed by atoms with Gasteiger partial charge in [0, 0.05) is 44.4 Å². The van der Waals surface area contributed by atoms with Crippen LogP contribution in [0.2, 0.25) is 0 Å². The monoisotopic (exact) mass is 868 g/mol. The van der Waals surface area contributed by atoms with E-state index in [0.717, 1.165) is 34.1 Å². The molecule has 14 rings (SSSR count). The number of rotatable bonds is 6. The molecule has 12 aromatic carbocycles. The smallest absolute Gasteiger partial charge is 0.0546 e. The molecule has 68 heavy (non-hydrogen) atoms. The summed E-state index contributed by atoms with van der Waals surface area (Å²) in [5.74, 6) is 0. The van der Waals surface area contributed by atoms with Gasteiger partial charge in [-0.3, -0.25) is 0 Å². The van der Waals surface area contributed by atoms with Crippen LogP contribution in [0.15, 0.2) is 218 Å². The summed E-state index contributed by atoms with van der Waals surface area (Å²) >= 11 is 0. The Hall–Kier alpha value is -8.20. The van der Waals surface area contributed by atoms with Gasteiger partial charge in [0.1, 0.15) is 0 Å². The molecule has 0 spiro atoms. The lowest BCUT2D eigenvalue weighted by molar-refractivity contribution is 0.660. The Balaban J connectivity index is 1.02. The van der Waals surface area contributed by atoms with E-state index in [9.17, 15) is 0 Å². The van der Waals surface area contributed by atoms with E-state index in [4.69, 9.17) is 0 Å². The van der Waals surface area contributed by atoms with Crippen molar-refractivity contribution in [2.45, 2.75) is 38.5 Å². The van der Waals surface area contributed by atoms with Gasteiger partial charge >= 0.3 is 0 Å². The normalized spacial score (nSPS) is 14.1. The van der Waals surface area contributed by atoms with Crippen LogP contribution >= 0.6 is 0 Å². The zero-order valence-corrected chi connectivity index (χ0v) is 38.7. The largest absolute Gasteiger partial charge is 0.310 e. The first-order valence-corrected chi connectivity index (χ1v) is 24.0. The van der Waals surface area contributed by atoms with Crippen molar-refractivity contribution in [3.8, 4) is 22.3 Å². The van der Waals surface area contributed by atoms with E-state index in [1.54, 1.807) is 0 Å². The van der Waals surface area contributed by atoms with E-state index in [2.05, 4.69) is 256 Å². The summed E-state index contributed by atoms with van der Waals surface area (Å²) in [6.07, 6.45) is 0. The molecular weight excluding hydrogens is 821 g/mol. The Kier molecular flexibility index (Phi) is 8.12. The fourth-order valence-corrected chi connectivity index (χ4v) is 12.4. The Labute approximate surface area is 397 Å². The molecule has 0 aromatic heterocycles. The standard InChI is InChI=1S/C66H48N2/c1-65(2)57-25-11-9-21-51(57)55-39-49(31-33-59(55)65)67(47-29-27-41-15-5-7-17-43(41)35-47)61-37-45-19-14-24-54-62(38-46-20-13-23-53(61)63(46)64(45)54)68(48-30-28-42-16-6-8-18-44(42)36-48)50-32-34-60-56(40-50)52-22-10-12-26-58(52)66(60,3)4/h5-40H,1-4H3. The average molecular weight is 869 g/mol. The summed E-state index contributed by atoms with van der Waals surface area (Å²) < 4.78 is 0. The minimum absolute atomic E-state index is 0.0815. The van der Waals surface area contributed by atoms with Gasteiger partial charge in [0.25, 0.3) is 0 Å². The van der Waals surface area contributed by atoms with Gasteiger partial charge in [-0.05, 0) is 148 Å². The van der Waals surface area contributed by atoms with Crippen LogP contribution in [-0.2, 0) is 10.8 Å². The number of hydrogen-bond donors (Lipinski definition) is 0. The average Bonchev–Trinajstić information content (AvgIpc) is 3.74. The first kappa shape index (κ1) is 39.0. The van der Waals surface area contributed by atoms with E-state index in [1.807, 2.05) is 0 Å². The minimum atomic E-state index is -0.0815. The molecule has 2 nitrogen and oxygen atoms in total. The van der Waals surface area contributed by atoms with E-state index in [1.165, 1.54) is 98.4 Å². The van der Waals surface area contributed by atoms with Crippen LogP contribution in [0.1, 0.15) is 49.9 Å². The summed E-state index contributed by atoms with van der Waals surface area (Å²) in [7, 11) is 0. The van der Waals surface area contributed by atoms with Crippen molar-refractivity contribution in [3.05, 3.63) is 241 Å². The van der Waals surface area contributed by atoms with Crippen molar-refractivity contribution in [1.82, 2.24) is 0 Å². The molecule has 0 radical (unpaired) electrons.